The van der Waals surface area contributed by atoms with E-state index in [-0.39, 0.29) is 28.7 Å². The number of carbonyl (C=O) groups is 1. The number of hydrogen-bond donors (Lipinski definition) is 1. The van der Waals surface area contributed by atoms with Crippen molar-refractivity contribution >= 4 is 45.7 Å². The second-order valence-corrected chi connectivity index (χ2v) is 8.87. The Morgan fingerprint density at radius 3 is 2.50 bits per heavy atom. The first-order valence-electron chi connectivity index (χ1n) is 10.6. The van der Waals surface area contributed by atoms with Gasteiger partial charge in [-0.2, -0.15) is 13.2 Å². The fourth-order valence-corrected chi connectivity index (χ4v) is 4.54. The summed E-state index contributed by atoms with van der Waals surface area (Å²) in [7, 11) is 1.43. The van der Waals surface area contributed by atoms with Gasteiger partial charge in [0, 0.05) is 33.9 Å². The lowest BCUT2D eigenvalue weighted by atomic mass is 9.90. The number of carbonyl (C=O) groups excluding carboxylic acids is 1. The minimum atomic E-state index is -4.57. The third-order valence-electron chi connectivity index (χ3n) is 5.82. The molecular formula is C23H21Cl2F3N4O2. The van der Waals surface area contributed by atoms with Crippen molar-refractivity contribution in [2.45, 2.75) is 43.9 Å². The van der Waals surface area contributed by atoms with Crippen molar-refractivity contribution in [1.82, 2.24) is 15.0 Å². The zero-order valence-electron chi connectivity index (χ0n) is 18.1. The molecule has 3 aromatic rings. The fourth-order valence-electron chi connectivity index (χ4n) is 4.20. The van der Waals surface area contributed by atoms with Crippen LogP contribution in [0.2, 0.25) is 10.2 Å². The van der Waals surface area contributed by atoms with Gasteiger partial charge in [0.1, 0.15) is 10.8 Å². The molecule has 180 valence electrons. The lowest BCUT2D eigenvalue weighted by Crippen LogP contribution is -2.43. The van der Waals surface area contributed by atoms with Crippen molar-refractivity contribution in [3.63, 3.8) is 0 Å². The minimum absolute atomic E-state index is 0.0916. The summed E-state index contributed by atoms with van der Waals surface area (Å²) in [5.41, 5.74) is -0.0652. The number of fused-ring (bicyclic) bond motifs is 1. The molecule has 1 aliphatic rings. The highest BCUT2D eigenvalue weighted by molar-refractivity contribution is 6.31. The van der Waals surface area contributed by atoms with Gasteiger partial charge in [-0.3, -0.25) is 9.63 Å². The molecule has 2 aromatic heterocycles. The van der Waals surface area contributed by atoms with Crippen LogP contribution in [0.5, 0.6) is 0 Å². The summed E-state index contributed by atoms with van der Waals surface area (Å²) in [5.74, 6) is -0.326. The molecule has 0 radical (unpaired) electrons. The summed E-state index contributed by atoms with van der Waals surface area (Å²) < 4.78 is 40.2. The summed E-state index contributed by atoms with van der Waals surface area (Å²) in [5, 5.41) is 5.70. The Balaban J connectivity index is 1.49. The van der Waals surface area contributed by atoms with E-state index in [4.69, 9.17) is 28.0 Å². The molecule has 2 heterocycles. The molecule has 0 unspecified atom stereocenters. The maximum absolute atomic E-state index is 13.4. The molecule has 1 fully saturated rings. The van der Waals surface area contributed by atoms with Gasteiger partial charge < -0.3 is 5.32 Å². The maximum atomic E-state index is 13.4. The average molecular weight is 513 g/mol. The number of nitrogens with one attached hydrogen (secondary N) is 1. The number of amides is 1. The number of alkyl halides is 3. The summed E-state index contributed by atoms with van der Waals surface area (Å²) in [6.07, 6.45) is -0.666. The zero-order chi connectivity index (χ0) is 24.5. The number of rotatable bonds is 5. The molecule has 34 heavy (non-hydrogen) atoms. The number of halogens is 5. The average Bonchev–Trinajstić information content (AvgIpc) is 2.80. The van der Waals surface area contributed by atoms with Gasteiger partial charge in [0.2, 0.25) is 0 Å². The second kappa shape index (κ2) is 9.93. The van der Waals surface area contributed by atoms with Gasteiger partial charge >= 0.3 is 6.18 Å². The maximum Gasteiger partial charge on any atom is 0.433 e. The van der Waals surface area contributed by atoms with Crippen LogP contribution in [0.15, 0.2) is 42.6 Å². The lowest BCUT2D eigenvalue weighted by molar-refractivity contribution is -0.140. The van der Waals surface area contributed by atoms with E-state index in [1.807, 2.05) is 0 Å². The van der Waals surface area contributed by atoms with Crippen molar-refractivity contribution in [3.05, 3.63) is 64.0 Å². The van der Waals surface area contributed by atoms with E-state index in [1.54, 1.807) is 12.1 Å². The molecule has 1 saturated carbocycles. The number of hydrogen-bond acceptors (Lipinski definition) is 5. The molecule has 4 rings (SSSR count). The Kier molecular flexibility index (Phi) is 7.16. The Morgan fingerprint density at radius 2 is 1.85 bits per heavy atom. The standard InChI is InChI=1S/C23H21Cl2F3N4O2/c1-34-32(22(33)13-8-9-29-21(25)10-13)16-5-3-15(4-6-16)30-19-12-20(23(26,27)28)31-18-7-2-14(24)11-17(18)19/h2,7-12,15-16H,3-6H2,1H3,(H,30,31). The first-order chi connectivity index (χ1) is 16.2. The normalized spacial score (nSPS) is 18.6. The Labute approximate surface area is 204 Å². The van der Waals surface area contributed by atoms with Crippen LogP contribution in [0.25, 0.3) is 10.9 Å². The van der Waals surface area contributed by atoms with E-state index in [2.05, 4.69) is 15.3 Å². The van der Waals surface area contributed by atoms with Crippen molar-refractivity contribution in [2.75, 3.05) is 12.4 Å². The second-order valence-electron chi connectivity index (χ2n) is 8.04. The number of aromatic nitrogens is 2. The predicted octanol–water partition coefficient (Wildman–Crippen LogP) is 6.38. The Bertz CT molecular complexity index is 1200. The topological polar surface area (TPSA) is 67.3 Å². The first kappa shape index (κ1) is 24.5. The molecule has 1 amide bonds. The summed E-state index contributed by atoms with van der Waals surface area (Å²) in [6, 6.07) is 8.36. The van der Waals surface area contributed by atoms with Gasteiger partial charge in [-0.15, -0.1) is 0 Å². The van der Waals surface area contributed by atoms with E-state index in [1.165, 1.54) is 36.6 Å². The molecule has 1 aromatic carbocycles. The van der Waals surface area contributed by atoms with Crippen LogP contribution in [-0.4, -0.2) is 40.1 Å². The molecule has 1 aliphatic carbocycles. The zero-order valence-corrected chi connectivity index (χ0v) is 19.6. The highest BCUT2D eigenvalue weighted by atomic mass is 35.5. The van der Waals surface area contributed by atoms with Crippen molar-refractivity contribution < 1.29 is 22.8 Å². The molecule has 6 nitrogen and oxygen atoms in total. The van der Waals surface area contributed by atoms with Crippen molar-refractivity contribution in [3.8, 4) is 0 Å². The highest BCUT2D eigenvalue weighted by Gasteiger charge is 2.34. The van der Waals surface area contributed by atoms with Crippen LogP contribution in [0.4, 0.5) is 18.9 Å². The third-order valence-corrected chi connectivity index (χ3v) is 6.26. The lowest BCUT2D eigenvalue weighted by Gasteiger charge is -2.35. The first-order valence-corrected chi connectivity index (χ1v) is 11.3. The molecule has 0 aliphatic heterocycles. The monoisotopic (exact) mass is 512 g/mol. The van der Waals surface area contributed by atoms with E-state index >= 15 is 0 Å². The van der Waals surface area contributed by atoms with Crippen molar-refractivity contribution in [1.29, 1.82) is 0 Å². The van der Waals surface area contributed by atoms with Crippen LogP contribution in [0.3, 0.4) is 0 Å². The number of anilines is 1. The van der Waals surface area contributed by atoms with E-state index in [0.29, 0.717) is 47.3 Å². The quantitative estimate of drug-likeness (QED) is 0.317. The third kappa shape index (κ3) is 5.37. The molecular weight excluding hydrogens is 492 g/mol. The number of hydroxylamine groups is 2. The SMILES string of the molecule is CON(C(=O)c1ccnc(Cl)c1)C1CCC(Nc2cc(C(F)(F)F)nc3ccc(Cl)cc23)CC1. The molecule has 1 N–H and O–H groups in total. The minimum Gasteiger partial charge on any atom is -0.382 e. The summed E-state index contributed by atoms with van der Waals surface area (Å²) in [6.45, 7) is 0. The van der Waals surface area contributed by atoms with Crippen LogP contribution >= 0.6 is 23.2 Å². The van der Waals surface area contributed by atoms with Gasteiger partial charge in [-0.25, -0.2) is 15.0 Å². The Hall–Kier alpha value is -2.62. The smallest absolute Gasteiger partial charge is 0.382 e. The highest BCUT2D eigenvalue weighted by Crippen LogP contribution is 2.35. The largest absolute Gasteiger partial charge is 0.433 e. The van der Waals surface area contributed by atoms with Gasteiger partial charge in [0.25, 0.3) is 5.91 Å². The summed E-state index contributed by atoms with van der Waals surface area (Å²) >= 11 is 12.0. The summed E-state index contributed by atoms with van der Waals surface area (Å²) in [4.78, 5) is 25.9. The number of benzene rings is 1. The van der Waals surface area contributed by atoms with Crippen LogP contribution in [-0.2, 0) is 11.0 Å². The van der Waals surface area contributed by atoms with Gasteiger partial charge in [0.15, 0.2) is 0 Å². The van der Waals surface area contributed by atoms with Crippen molar-refractivity contribution in [2.24, 2.45) is 0 Å². The van der Waals surface area contributed by atoms with E-state index in [0.717, 1.165) is 6.07 Å². The van der Waals surface area contributed by atoms with Crippen LogP contribution in [0.1, 0.15) is 41.7 Å². The van der Waals surface area contributed by atoms with E-state index < -0.39 is 11.9 Å². The Morgan fingerprint density at radius 1 is 1.12 bits per heavy atom. The molecule has 11 heteroatoms. The van der Waals surface area contributed by atoms with Crippen LogP contribution < -0.4 is 5.32 Å². The predicted molar refractivity (Wildman–Crippen MR) is 124 cm³/mol. The van der Waals surface area contributed by atoms with Gasteiger partial charge in [-0.1, -0.05) is 23.2 Å². The number of nitrogens with zero attached hydrogens (tertiary/aromatic N) is 3. The van der Waals surface area contributed by atoms with Gasteiger partial charge in [-0.05, 0) is 62.1 Å². The molecule has 0 bridgehead atoms. The fraction of sp³-hybridized carbons (Fsp3) is 0.348. The van der Waals surface area contributed by atoms with Crippen LogP contribution in [0, 0.1) is 0 Å². The molecule has 0 spiro atoms. The molecule has 0 atom stereocenters. The van der Waals surface area contributed by atoms with Gasteiger partial charge in [0.05, 0.1) is 18.7 Å². The van der Waals surface area contributed by atoms with E-state index in [9.17, 15) is 18.0 Å². The molecule has 0 saturated heterocycles. The number of pyridine rings is 2.